The molecule has 0 unspecified atom stereocenters. The number of hydrogen-bond acceptors (Lipinski definition) is 4. The Labute approximate surface area is 136 Å². The lowest BCUT2D eigenvalue weighted by Crippen LogP contribution is -2.02. The Hall–Kier alpha value is -2.02. The van der Waals surface area contributed by atoms with Crippen LogP contribution in [-0.4, -0.2) is 35.1 Å². The van der Waals surface area contributed by atoms with Gasteiger partial charge in [-0.15, -0.1) is 0 Å². The van der Waals surface area contributed by atoms with E-state index >= 15 is 0 Å². The van der Waals surface area contributed by atoms with Crippen molar-refractivity contribution in [3.63, 3.8) is 0 Å². The van der Waals surface area contributed by atoms with E-state index in [1.165, 1.54) is 10.7 Å². The molecule has 0 amide bonds. The van der Waals surface area contributed by atoms with Crippen molar-refractivity contribution < 1.29 is 19.4 Å². The zero-order chi connectivity index (χ0) is 16.4. The predicted octanol–water partition coefficient (Wildman–Crippen LogP) is 3.13. The maximum atomic E-state index is 11.1. The summed E-state index contributed by atoms with van der Waals surface area (Å²) in [5.74, 6) is 0.0534. The van der Waals surface area contributed by atoms with Gasteiger partial charge in [0.05, 0.1) is 25.5 Å². The van der Waals surface area contributed by atoms with E-state index in [-0.39, 0.29) is 5.69 Å². The number of carbonyl (C=O) groups is 1. The molecule has 0 spiro atoms. The number of aromatic carboxylic acids is 1. The lowest BCUT2D eigenvalue weighted by atomic mass is 10.0. The molecular formula is C15H17BrN2O4. The van der Waals surface area contributed by atoms with Crippen molar-refractivity contribution >= 4 is 21.9 Å². The molecule has 6 nitrogen and oxygen atoms in total. The molecule has 2 aromatic rings. The molecule has 0 aliphatic heterocycles. The number of benzene rings is 1. The number of ether oxygens (including phenoxy) is 2. The van der Waals surface area contributed by atoms with E-state index in [9.17, 15) is 4.79 Å². The largest absolute Gasteiger partial charge is 0.493 e. The quantitative estimate of drug-likeness (QED) is 0.877. The van der Waals surface area contributed by atoms with Crippen LogP contribution < -0.4 is 9.47 Å². The smallest absolute Gasteiger partial charge is 0.356 e. The number of aromatic nitrogens is 2. The van der Waals surface area contributed by atoms with E-state index in [0.29, 0.717) is 17.2 Å². The van der Waals surface area contributed by atoms with Gasteiger partial charge in [-0.1, -0.05) is 6.92 Å². The first-order chi connectivity index (χ1) is 10.4. The monoisotopic (exact) mass is 368 g/mol. The average Bonchev–Trinajstić information content (AvgIpc) is 2.88. The molecule has 22 heavy (non-hydrogen) atoms. The van der Waals surface area contributed by atoms with E-state index in [4.69, 9.17) is 14.6 Å². The number of aryl methyl sites for hydroxylation is 2. The van der Waals surface area contributed by atoms with Crippen LogP contribution in [0.2, 0.25) is 0 Å². The van der Waals surface area contributed by atoms with Crippen molar-refractivity contribution in [1.29, 1.82) is 0 Å². The minimum absolute atomic E-state index is 0.0210. The Morgan fingerprint density at radius 1 is 1.36 bits per heavy atom. The van der Waals surface area contributed by atoms with E-state index in [1.807, 2.05) is 13.0 Å². The Morgan fingerprint density at radius 3 is 2.50 bits per heavy atom. The standard InChI is InChI=1S/C15H17BrN2O4/c1-5-8-6-11(21-3)14(22-4)12(13(8)16)10-7-9(15(19)20)17-18(10)2/h6-7H,5H2,1-4H3,(H,19,20). The molecular weight excluding hydrogens is 352 g/mol. The van der Waals surface area contributed by atoms with E-state index in [2.05, 4.69) is 21.0 Å². The highest BCUT2D eigenvalue weighted by molar-refractivity contribution is 9.10. The highest BCUT2D eigenvalue weighted by atomic mass is 79.9. The van der Waals surface area contributed by atoms with E-state index < -0.39 is 5.97 Å². The summed E-state index contributed by atoms with van der Waals surface area (Å²) in [6.45, 7) is 2.03. The third kappa shape index (κ3) is 2.68. The topological polar surface area (TPSA) is 73.6 Å². The van der Waals surface area contributed by atoms with Gasteiger partial charge in [0.2, 0.25) is 0 Å². The molecule has 0 radical (unpaired) electrons. The summed E-state index contributed by atoms with van der Waals surface area (Å²) < 4.78 is 13.2. The molecule has 0 aliphatic carbocycles. The lowest BCUT2D eigenvalue weighted by molar-refractivity contribution is 0.0689. The number of methoxy groups -OCH3 is 2. The van der Waals surface area contributed by atoms with Crippen LogP contribution >= 0.6 is 15.9 Å². The van der Waals surface area contributed by atoms with E-state index in [0.717, 1.165) is 22.0 Å². The normalized spacial score (nSPS) is 10.6. The van der Waals surface area contributed by atoms with Gasteiger partial charge < -0.3 is 14.6 Å². The molecule has 7 heteroatoms. The molecule has 2 rings (SSSR count). The first-order valence-corrected chi connectivity index (χ1v) is 7.44. The molecule has 0 saturated heterocycles. The number of carboxylic acids is 1. The van der Waals surface area contributed by atoms with Crippen LogP contribution in [0.4, 0.5) is 0 Å². The SMILES string of the molecule is CCc1cc(OC)c(OC)c(-c2cc(C(=O)O)nn2C)c1Br. The second-order valence-electron chi connectivity index (χ2n) is 4.66. The molecule has 1 heterocycles. The summed E-state index contributed by atoms with van der Waals surface area (Å²) in [5, 5.41) is 13.1. The number of carboxylic acid groups (broad SMARTS) is 1. The van der Waals surface area contributed by atoms with Crippen LogP contribution in [0.3, 0.4) is 0 Å². The summed E-state index contributed by atoms with van der Waals surface area (Å²) in [6, 6.07) is 3.42. The van der Waals surface area contributed by atoms with Crippen molar-refractivity contribution in [3.8, 4) is 22.8 Å². The molecule has 1 aromatic carbocycles. The van der Waals surface area contributed by atoms with Crippen LogP contribution in [0.5, 0.6) is 11.5 Å². The van der Waals surface area contributed by atoms with Gasteiger partial charge in [0.15, 0.2) is 17.2 Å². The number of halogens is 1. The summed E-state index contributed by atoms with van der Waals surface area (Å²) in [7, 11) is 4.81. The molecule has 0 aliphatic rings. The van der Waals surface area contributed by atoms with Crippen molar-refractivity contribution in [3.05, 3.63) is 27.9 Å². The molecule has 1 aromatic heterocycles. The zero-order valence-corrected chi connectivity index (χ0v) is 14.4. The third-order valence-electron chi connectivity index (χ3n) is 3.42. The fourth-order valence-electron chi connectivity index (χ4n) is 2.32. The first-order valence-electron chi connectivity index (χ1n) is 6.65. The van der Waals surface area contributed by atoms with Crippen LogP contribution in [0.15, 0.2) is 16.6 Å². The minimum Gasteiger partial charge on any atom is -0.493 e. The number of rotatable bonds is 5. The van der Waals surface area contributed by atoms with Gasteiger partial charge in [0, 0.05) is 11.5 Å². The van der Waals surface area contributed by atoms with Crippen molar-refractivity contribution in [1.82, 2.24) is 9.78 Å². The van der Waals surface area contributed by atoms with Gasteiger partial charge in [-0.3, -0.25) is 4.68 Å². The van der Waals surface area contributed by atoms with Gasteiger partial charge in [0.1, 0.15) is 0 Å². The lowest BCUT2D eigenvalue weighted by Gasteiger charge is -2.17. The van der Waals surface area contributed by atoms with Gasteiger partial charge in [-0.2, -0.15) is 5.10 Å². The molecule has 0 saturated carbocycles. The van der Waals surface area contributed by atoms with Crippen molar-refractivity contribution in [2.45, 2.75) is 13.3 Å². The van der Waals surface area contributed by atoms with E-state index in [1.54, 1.807) is 21.3 Å². The summed E-state index contributed by atoms with van der Waals surface area (Å²) >= 11 is 3.59. The Balaban J connectivity index is 2.80. The molecule has 0 bridgehead atoms. The molecule has 0 fully saturated rings. The fourth-order valence-corrected chi connectivity index (χ4v) is 3.09. The van der Waals surface area contributed by atoms with Crippen LogP contribution in [0.1, 0.15) is 23.0 Å². The third-order valence-corrected chi connectivity index (χ3v) is 4.32. The minimum atomic E-state index is -1.07. The predicted molar refractivity (Wildman–Crippen MR) is 85.8 cm³/mol. The van der Waals surface area contributed by atoms with Crippen LogP contribution in [-0.2, 0) is 13.5 Å². The van der Waals surface area contributed by atoms with Gasteiger partial charge in [0.25, 0.3) is 0 Å². The highest BCUT2D eigenvalue weighted by Crippen LogP contribution is 2.45. The van der Waals surface area contributed by atoms with Crippen LogP contribution in [0, 0.1) is 0 Å². The number of nitrogens with zero attached hydrogens (tertiary/aromatic N) is 2. The van der Waals surface area contributed by atoms with Crippen molar-refractivity contribution in [2.24, 2.45) is 7.05 Å². The Bertz CT molecular complexity index is 725. The average molecular weight is 369 g/mol. The second-order valence-corrected chi connectivity index (χ2v) is 5.45. The highest BCUT2D eigenvalue weighted by Gasteiger charge is 2.23. The Morgan fingerprint density at radius 2 is 2.05 bits per heavy atom. The molecule has 1 N–H and O–H groups in total. The zero-order valence-electron chi connectivity index (χ0n) is 12.8. The summed E-state index contributed by atoms with van der Waals surface area (Å²) in [6.07, 6.45) is 0.789. The molecule has 118 valence electrons. The fraction of sp³-hybridized carbons (Fsp3) is 0.333. The first kappa shape index (κ1) is 16.4. The number of hydrogen-bond donors (Lipinski definition) is 1. The van der Waals surface area contributed by atoms with Gasteiger partial charge >= 0.3 is 5.97 Å². The molecule has 0 atom stereocenters. The van der Waals surface area contributed by atoms with Gasteiger partial charge in [-0.25, -0.2) is 4.79 Å². The summed E-state index contributed by atoms with van der Waals surface area (Å²) in [5.41, 5.74) is 2.37. The maximum Gasteiger partial charge on any atom is 0.356 e. The van der Waals surface area contributed by atoms with Crippen molar-refractivity contribution in [2.75, 3.05) is 14.2 Å². The maximum absolute atomic E-state index is 11.1. The second kappa shape index (κ2) is 6.39. The van der Waals surface area contributed by atoms with Crippen LogP contribution in [0.25, 0.3) is 11.3 Å². The Kier molecular flexibility index (Phi) is 4.75. The summed E-state index contributed by atoms with van der Waals surface area (Å²) in [4.78, 5) is 11.1. The van der Waals surface area contributed by atoms with Gasteiger partial charge in [-0.05, 0) is 40.0 Å².